The van der Waals surface area contributed by atoms with Crippen molar-refractivity contribution in [3.63, 3.8) is 0 Å². The van der Waals surface area contributed by atoms with Gasteiger partial charge >= 0.3 is 0 Å². The fourth-order valence-corrected chi connectivity index (χ4v) is 8.08. The lowest BCUT2D eigenvalue weighted by atomic mass is 9.92. The van der Waals surface area contributed by atoms with Crippen molar-refractivity contribution in [1.29, 1.82) is 0 Å². The van der Waals surface area contributed by atoms with Crippen LogP contribution in [0.4, 0.5) is 17.1 Å². The molecule has 0 aromatic heterocycles. The van der Waals surface area contributed by atoms with Gasteiger partial charge in [0.1, 0.15) is 0 Å². The molecule has 10 aromatic carbocycles. The first kappa shape index (κ1) is 30.8. The van der Waals surface area contributed by atoms with Crippen LogP contribution in [0.5, 0.6) is 0 Å². The lowest BCUT2D eigenvalue weighted by Crippen LogP contribution is -2.09. The molecule has 0 saturated heterocycles. The highest BCUT2D eigenvalue weighted by molar-refractivity contribution is 6.12. The Labute approximate surface area is 309 Å². The van der Waals surface area contributed by atoms with Gasteiger partial charge in [0.15, 0.2) is 0 Å². The molecule has 0 atom stereocenters. The number of hydrogen-bond acceptors (Lipinski definition) is 1. The number of anilines is 3. The molecule has 0 amide bonds. The number of fused-ring (bicyclic) bond motifs is 4. The van der Waals surface area contributed by atoms with E-state index in [0.717, 1.165) is 17.1 Å². The van der Waals surface area contributed by atoms with Crippen LogP contribution in [0.2, 0.25) is 0 Å². The summed E-state index contributed by atoms with van der Waals surface area (Å²) in [6.45, 7) is 0. The summed E-state index contributed by atoms with van der Waals surface area (Å²) in [6.07, 6.45) is 0. The molecule has 0 spiro atoms. The summed E-state index contributed by atoms with van der Waals surface area (Å²) in [5, 5.41) is 10.1. The van der Waals surface area contributed by atoms with E-state index >= 15 is 0 Å². The summed E-state index contributed by atoms with van der Waals surface area (Å²) in [6, 6.07) is 77.2. The van der Waals surface area contributed by atoms with E-state index in [2.05, 4.69) is 217 Å². The van der Waals surface area contributed by atoms with E-state index in [0.29, 0.717) is 0 Å². The van der Waals surface area contributed by atoms with Crippen molar-refractivity contribution in [2.45, 2.75) is 0 Å². The zero-order valence-electron chi connectivity index (χ0n) is 29.2. The molecule has 1 nitrogen and oxygen atoms in total. The van der Waals surface area contributed by atoms with E-state index in [1.54, 1.807) is 0 Å². The minimum absolute atomic E-state index is 1.11. The molecular weight excluding hydrogens is 639 g/mol. The minimum Gasteiger partial charge on any atom is -0.311 e. The van der Waals surface area contributed by atoms with Crippen molar-refractivity contribution < 1.29 is 0 Å². The fraction of sp³-hybridized carbons (Fsp3) is 0. The minimum atomic E-state index is 1.11. The van der Waals surface area contributed by atoms with Gasteiger partial charge in [-0.2, -0.15) is 0 Å². The number of benzene rings is 10. The van der Waals surface area contributed by atoms with Crippen molar-refractivity contribution in [1.82, 2.24) is 0 Å². The van der Waals surface area contributed by atoms with Crippen molar-refractivity contribution in [2.24, 2.45) is 0 Å². The second kappa shape index (κ2) is 13.0. The van der Waals surface area contributed by atoms with Gasteiger partial charge in [0, 0.05) is 17.1 Å². The summed E-state index contributed by atoms with van der Waals surface area (Å²) in [7, 11) is 0. The third-order valence-corrected chi connectivity index (χ3v) is 10.6. The van der Waals surface area contributed by atoms with Crippen LogP contribution in [0.25, 0.3) is 76.5 Å². The Morgan fingerprint density at radius 2 is 0.585 bits per heavy atom. The zero-order valence-corrected chi connectivity index (χ0v) is 29.2. The van der Waals surface area contributed by atoms with Crippen LogP contribution in [0.1, 0.15) is 0 Å². The van der Waals surface area contributed by atoms with Gasteiger partial charge in [0.25, 0.3) is 0 Å². The Balaban J connectivity index is 1.09. The topological polar surface area (TPSA) is 3.24 Å². The molecule has 53 heavy (non-hydrogen) atoms. The largest absolute Gasteiger partial charge is 0.311 e. The van der Waals surface area contributed by atoms with E-state index in [1.165, 1.54) is 76.5 Å². The molecule has 0 bridgehead atoms. The molecule has 0 aliphatic heterocycles. The quantitative estimate of drug-likeness (QED) is 0.159. The summed E-state index contributed by atoms with van der Waals surface area (Å²) >= 11 is 0. The maximum Gasteiger partial charge on any atom is 0.0462 e. The lowest BCUT2D eigenvalue weighted by Gasteiger charge is -2.26. The molecular formula is C52H35N. The van der Waals surface area contributed by atoms with Crippen molar-refractivity contribution in [3.05, 3.63) is 212 Å². The first-order valence-electron chi connectivity index (χ1n) is 18.3. The van der Waals surface area contributed by atoms with Gasteiger partial charge in [-0.3, -0.25) is 0 Å². The van der Waals surface area contributed by atoms with Crippen molar-refractivity contribution >= 4 is 60.2 Å². The van der Waals surface area contributed by atoms with Crippen LogP contribution in [0, 0.1) is 0 Å². The van der Waals surface area contributed by atoms with Gasteiger partial charge in [0.2, 0.25) is 0 Å². The van der Waals surface area contributed by atoms with Crippen LogP contribution in [0.3, 0.4) is 0 Å². The van der Waals surface area contributed by atoms with Crippen LogP contribution in [0.15, 0.2) is 212 Å². The normalized spacial score (nSPS) is 11.4. The third-order valence-electron chi connectivity index (χ3n) is 10.6. The standard InChI is InChI=1S/C52H35N/c1-5-17-46-36(11-1)15-9-21-48(46)38-23-29-43(30-24-38)53(44-31-25-39(26-32-44)49-22-10-16-37-12-2-6-18-47(37)49)45-33-27-40(28-34-45)52-50-19-7-3-13-41(50)35-42-14-4-8-20-51(42)52/h1-35H. The Morgan fingerprint density at radius 1 is 0.245 bits per heavy atom. The van der Waals surface area contributed by atoms with Gasteiger partial charge in [-0.25, -0.2) is 0 Å². The van der Waals surface area contributed by atoms with E-state index in [1.807, 2.05) is 0 Å². The molecule has 10 rings (SSSR count). The molecule has 0 radical (unpaired) electrons. The van der Waals surface area contributed by atoms with E-state index in [4.69, 9.17) is 0 Å². The molecule has 248 valence electrons. The molecule has 0 aliphatic rings. The summed E-state index contributed by atoms with van der Waals surface area (Å²) < 4.78 is 0. The molecule has 0 unspecified atom stereocenters. The van der Waals surface area contributed by atoms with Gasteiger partial charge in [0.05, 0.1) is 0 Å². The predicted octanol–water partition coefficient (Wildman–Crippen LogP) is 14.8. The van der Waals surface area contributed by atoms with Gasteiger partial charge in [-0.05, 0) is 119 Å². The first-order chi connectivity index (χ1) is 26.3. The highest BCUT2D eigenvalue weighted by atomic mass is 15.1. The van der Waals surface area contributed by atoms with Crippen LogP contribution < -0.4 is 4.90 Å². The summed E-state index contributed by atoms with van der Waals surface area (Å²) in [4.78, 5) is 2.37. The maximum atomic E-state index is 2.37. The number of rotatable bonds is 6. The first-order valence-corrected chi connectivity index (χ1v) is 18.3. The zero-order chi connectivity index (χ0) is 35.1. The van der Waals surface area contributed by atoms with Crippen LogP contribution in [-0.2, 0) is 0 Å². The molecule has 10 aromatic rings. The molecule has 0 aliphatic carbocycles. The third kappa shape index (κ3) is 5.51. The average Bonchev–Trinajstić information content (AvgIpc) is 3.23. The maximum absolute atomic E-state index is 2.37. The Hall–Kier alpha value is -6.96. The average molecular weight is 674 g/mol. The van der Waals surface area contributed by atoms with Crippen LogP contribution >= 0.6 is 0 Å². The highest BCUT2D eigenvalue weighted by Gasteiger charge is 2.16. The summed E-state index contributed by atoms with van der Waals surface area (Å²) in [5.41, 5.74) is 10.7. The van der Waals surface area contributed by atoms with E-state index in [-0.39, 0.29) is 0 Å². The highest BCUT2D eigenvalue weighted by Crippen LogP contribution is 2.41. The van der Waals surface area contributed by atoms with Crippen molar-refractivity contribution in [2.75, 3.05) is 4.90 Å². The Bertz CT molecular complexity index is 2730. The van der Waals surface area contributed by atoms with Gasteiger partial charge < -0.3 is 4.90 Å². The van der Waals surface area contributed by atoms with Crippen LogP contribution in [-0.4, -0.2) is 0 Å². The molecule has 1 heteroatoms. The lowest BCUT2D eigenvalue weighted by molar-refractivity contribution is 1.28. The van der Waals surface area contributed by atoms with Gasteiger partial charge in [-0.15, -0.1) is 0 Å². The molecule has 0 saturated carbocycles. The second-order valence-electron chi connectivity index (χ2n) is 13.7. The smallest absolute Gasteiger partial charge is 0.0462 e. The fourth-order valence-electron chi connectivity index (χ4n) is 8.08. The van der Waals surface area contributed by atoms with E-state index < -0.39 is 0 Å². The predicted molar refractivity (Wildman–Crippen MR) is 227 cm³/mol. The second-order valence-corrected chi connectivity index (χ2v) is 13.7. The molecule has 0 heterocycles. The monoisotopic (exact) mass is 673 g/mol. The molecule has 0 fully saturated rings. The summed E-state index contributed by atoms with van der Waals surface area (Å²) in [5.74, 6) is 0. The Morgan fingerprint density at radius 3 is 1.02 bits per heavy atom. The van der Waals surface area contributed by atoms with Gasteiger partial charge in [-0.1, -0.05) is 170 Å². The SMILES string of the molecule is c1ccc2c(-c3ccc(N(c4ccc(-c5cccc6ccccc56)cc4)c4ccc(-c5c6ccccc6cc6ccccc56)cc4)cc3)cccc2c1. The number of hydrogen-bond donors (Lipinski definition) is 0. The molecule has 0 N–H and O–H groups in total. The Kier molecular flexibility index (Phi) is 7.55. The number of nitrogens with zero attached hydrogens (tertiary/aromatic N) is 1. The van der Waals surface area contributed by atoms with E-state index in [9.17, 15) is 0 Å². The van der Waals surface area contributed by atoms with Crippen molar-refractivity contribution in [3.8, 4) is 33.4 Å².